The van der Waals surface area contributed by atoms with Crippen molar-refractivity contribution in [3.8, 4) is 5.75 Å². The first-order valence-electron chi connectivity index (χ1n) is 10.6. The fourth-order valence-corrected chi connectivity index (χ4v) is 3.71. The Kier molecular flexibility index (Phi) is 6.94. The van der Waals surface area contributed by atoms with Crippen molar-refractivity contribution < 1.29 is 23.8 Å². The van der Waals surface area contributed by atoms with E-state index in [-0.39, 0.29) is 0 Å². The summed E-state index contributed by atoms with van der Waals surface area (Å²) in [6.07, 6.45) is 0.972. The molecular weight excluding hydrogens is 384 g/mol. The van der Waals surface area contributed by atoms with Gasteiger partial charge in [-0.15, -0.1) is 0 Å². The lowest BCUT2D eigenvalue weighted by Crippen LogP contribution is -2.50. The fraction of sp³-hybridized carbons (Fsp3) is 0.652. The Morgan fingerprint density at radius 3 is 2.33 bits per heavy atom. The number of para-hydroxylation sites is 1. The molecule has 1 heterocycles. The molecule has 1 aromatic rings. The summed E-state index contributed by atoms with van der Waals surface area (Å²) in [4.78, 5) is 26.8. The molecular formula is C23H36N2O5. The van der Waals surface area contributed by atoms with Crippen molar-refractivity contribution in [1.82, 2.24) is 5.32 Å². The van der Waals surface area contributed by atoms with Crippen molar-refractivity contribution >= 4 is 17.9 Å². The number of ether oxygens (including phenoxy) is 3. The minimum Gasteiger partial charge on any atom is -0.495 e. The summed E-state index contributed by atoms with van der Waals surface area (Å²) in [5.41, 5.74) is -0.138. The maximum Gasteiger partial charge on any atom is 0.415 e. The van der Waals surface area contributed by atoms with E-state index in [1.807, 2.05) is 66.7 Å². The highest BCUT2D eigenvalue weighted by molar-refractivity contribution is 5.94. The lowest BCUT2D eigenvalue weighted by molar-refractivity contribution is -0.00161. The molecule has 2 amide bonds. The van der Waals surface area contributed by atoms with Crippen LogP contribution in [-0.4, -0.2) is 37.0 Å². The van der Waals surface area contributed by atoms with E-state index in [1.165, 1.54) is 0 Å². The van der Waals surface area contributed by atoms with Crippen molar-refractivity contribution in [3.63, 3.8) is 0 Å². The number of cyclic esters (lactones) is 1. The molecule has 1 aliphatic heterocycles. The molecule has 0 radical (unpaired) electrons. The third-order valence-electron chi connectivity index (χ3n) is 5.42. The number of carbonyl (C=O) groups excluding carboxylic acids is 2. The van der Waals surface area contributed by atoms with Gasteiger partial charge in [0.1, 0.15) is 17.0 Å². The van der Waals surface area contributed by atoms with Crippen molar-refractivity contribution in [1.29, 1.82) is 0 Å². The average Bonchev–Trinajstić information content (AvgIpc) is 2.64. The Hall–Kier alpha value is -2.44. The van der Waals surface area contributed by atoms with E-state index in [9.17, 15) is 9.59 Å². The van der Waals surface area contributed by atoms with Crippen molar-refractivity contribution in [3.05, 3.63) is 23.8 Å². The van der Waals surface area contributed by atoms with Crippen molar-refractivity contribution in [2.75, 3.05) is 18.6 Å². The van der Waals surface area contributed by atoms with E-state index in [1.54, 1.807) is 12.0 Å². The largest absolute Gasteiger partial charge is 0.495 e. The first-order chi connectivity index (χ1) is 13.9. The Bertz CT molecular complexity index is 778. The summed E-state index contributed by atoms with van der Waals surface area (Å²) >= 11 is 0. The highest BCUT2D eigenvalue weighted by Gasteiger charge is 2.44. The van der Waals surface area contributed by atoms with Gasteiger partial charge in [-0.05, 0) is 59.9 Å². The summed E-state index contributed by atoms with van der Waals surface area (Å²) in [7, 11) is 1.60. The molecule has 7 heteroatoms. The van der Waals surface area contributed by atoms with Crippen LogP contribution in [0, 0.1) is 0 Å². The zero-order chi connectivity index (χ0) is 22.7. The topological polar surface area (TPSA) is 77.1 Å². The number of hydrogen-bond donors (Lipinski definition) is 1. The molecule has 2 rings (SSSR count). The number of benzene rings is 1. The fourth-order valence-electron chi connectivity index (χ4n) is 3.71. The van der Waals surface area contributed by atoms with E-state index in [2.05, 4.69) is 5.32 Å². The van der Waals surface area contributed by atoms with Crippen LogP contribution < -0.4 is 15.0 Å². The minimum absolute atomic E-state index is 0.360. The van der Waals surface area contributed by atoms with Crippen LogP contribution >= 0.6 is 0 Å². The number of nitrogens with zero attached hydrogens (tertiary/aromatic N) is 1. The molecule has 0 spiro atoms. The van der Waals surface area contributed by atoms with Crippen LogP contribution in [0.5, 0.6) is 5.75 Å². The summed E-state index contributed by atoms with van der Waals surface area (Å²) in [5, 5.41) is 2.89. The second-order valence-electron chi connectivity index (χ2n) is 9.34. The zero-order valence-corrected chi connectivity index (χ0v) is 19.5. The first-order valence-corrected chi connectivity index (χ1v) is 10.6. The number of amides is 2. The SMILES string of the molecule is CCC1(CC)OC(=O)N(CCC(C)(C)NC(=O)OC(C)(C)C)c2c(OC)cccc21. The molecule has 0 atom stereocenters. The number of nitrogens with one attached hydrogen (secondary N) is 1. The van der Waals surface area contributed by atoms with Crippen molar-refractivity contribution in [2.24, 2.45) is 0 Å². The molecule has 1 N–H and O–H groups in total. The molecule has 1 aromatic carbocycles. The molecule has 0 aliphatic carbocycles. The van der Waals surface area contributed by atoms with E-state index in [4.69, 9.17) is 14.2 Å². The van der Waals surface area contributed by atoms with Gasteiger partial charge in [-0.25, -0.2) is 9.59 Å². The molecule has 0 saturated heterocycles. The van der Waals surface area contributed by atoms with Gasteiger partial charge in [-0.2, -0.15) is 0 Å². The minimum atomic E-state index is -0.665. The van der Waals surface area contributed by atoms with Gasteiger partial charge < -0.3 is 19.5 Å². The second-order valence-corrected chi connectivity index (χ2v) is 9.34. The molecule has 168 valence electrons. The smallest absolute Gasteiger partial charge is 0.415 e. The average molecular weight is 421 g/mol. The molecule has 0 fully saturated rings. The normalized spacial score (nSPS) is 15.9. The highest BCUT2D eigenvalue weighted by Crippen LogP contribution is 2.47. The van der Waals surface area contributed by atoms with Gasteiger partial charge in [0, 0.05) is 17.6 Å². The lowest BCUT2D eigenvalue weighted by atomic mass is 9.85. The quantitative estimate of drug-likeness (QED) is 0.642. The molecule has 0 bridgehead atoms. The Morgan fingerprint density at radius 1 is 1.17 bits per heavy atom. The number of carbonyl (C=O) groups is 2. The van der Waals surface area contributed by atoms with Crippen LogP contribution in [0.15, 0.2) is 18.2 Å². The summed E-state index contributed by atoms with van der Waals surface area (Å²) in [6.45, 7) is 13.7. The van der Waals surface area contributed by atoms with Gasteiger partial charge in [-0.1, -0.05) is 26.0 Å². The number of rotatable bonds is 7. The predicted molar refractivity (Wildman–Crippen MR) is 117 cm³/mol. The van der Waals surface area contributed by atoms with E-state index in [0.29, 0.717) is 31.6 Å². The van der Waals surface area contributed by atoms with Gasteiger partial charge in [0.25, 0.3) is 0 Å². The number of anilines is 1. The summed E-state index contributed by atoms with van der Waals surface area (Å²) < 4.78 is 16.9. The van der Waals surface area contributed by atoms with Gasteiger partial charge in [0.05, 0.1) is 12.8 Å². The van der Waals surface area contributed by atoms with Crippen molar-refractivity contribution in [2.45, 2.75) is 84.5 Å². The molecule has 1 aliphatic rings. The van der Waals surface area contributed by atoms with E-state index >= 15 is 0 Å². The Balaban J connectivity index is 2.28. The van der Waals surface area contributed by atoms with Crippen LogP contribution in [0.3, 0.4) is 0 Å². The Morgan fingerprint density at radius 2 is 1.80 bits per heavy atom. The highest BCUT2D eigenvalue weighted by atomic mass is 16.6. The van der Waals surface area contributed by atoms with Gasteiger partial charge in [0.2, 0.25) is 0 Å². The predicted octanol–water partition coefficient (Wildman–Crippen LogP) is 5.36. The maximum absolute atomic E-state index is 13.0. The first kappa shape index (κ1) is 23.8. The summed E-state index contributed by atoms with van der Waals surface area (Å²) in [6, 6.07) is 5.77. The van der Waals surface area contributed by atoms with E-state index < -0.39 is 28.9 Å². The third-order valence-corrected chi connectivity index (χ3v) is 5.42. The number of hydrogen-bond acceptors (Lipinski definition) is 5. The monoisotopic (exact) mass is 420 g/mol. The second kappa shape index (κ2) is 8.74. The number of methoxy groups -OCH3 is 1. The van der Waals surface area contributed by atoms with Crippen LogP contribution in [-0.2, 0) is 15.1 Å². The third kappa shape index (κ3) is 5.18. The number of alkyl carbamates (subject to hydrolysis) is 1. The number of fused-ring (bicyclic) bond motifs is 1. The Labute approximate surface area is 180 Å². The van der Waals surface area contributed by atoms with Crippen LogP contribution in [0.4, 0.5) is 15.3 Å². The maximum atomic E-state index is 13.0. The zero-order valence-electron chi connectivity index (χ0n) is 19.5. The summed E-state index contributed by atoms with van der Waals surface area (Å²) in [5.74, 6) is 0.633. The van der Waals surface area contributed by atoms with Gasteiger partial charge in [-0.3, -0.25) is 4.90 Å². The van der Waals surface area contributed by atoms with Crippen LogP contribution in [0.2, 0.25) is 0 Å². The van der Waals surface area contributed by atoms with Crippen LogP contribution in [0.1, 0.15) is 73.3 Å². The molecule has 30 heavy (non-hydrogen) atoms. The van der Waals surface area contributed by atoms with Gasteiger partial charge >= 0.3 is 12.2 Å². The lowest BCUT2D eigenvalue weighted by Gasteiger charge is -2.43. The van der Waals surface area contributed by atoms with Gasteiger partial charge in [0.15, 0.2) is 0 Å². The molecule has 0 aromatic heterocycles. The molecule has 0 unspecified atom stereocenters. The van der Waals surface area contributed by atoms with E-state index in [0.717, 1.165) is 11.3 Å². The molecule has 7 nitrogen and oxygen atoms in total. The molecule has 0 saturated carbocycles. The standard InChI is InChI=1S/C23H36N2O5/c1-9-23(10-2)16-12-11-13-17(28-8)18(16)25(20(27)30-23)15-14-22(6,7)24-19(26)29-21(3,4)5/h11-13H,9-10,14-15H2,1-8H3,(H,24,26). The van der Waals surface area contributed by atoms with Crippen LogP contribution in [0.25, 0.3) is 0 Å².